The number of amides is 1. The third-order valence-electron chi connectivity index (χ3n) is 3.79. The van der Waals surface area contributed by atoms with Gasteiger partial charge in [0.25, 0.3) is 0 Å². The molecule has 1 amide bonds. The first-order chi connectivity index (χ1) is 11.1. The van der Waals surface area contributed by atoms with Gasteiger partial charge < -0.3 is 10.1 Å². The van der Waals surface area contributed by atoms with Crippen LogP contribution in [-0.2, 0) is 19.9 Å². The lowest BCUT2D eigenvalue weighted by molar-refractivity contribution is -0.124. The van der Waals surface area contributed by atoms with Gasteiger partial charge in [-0.3, -0.25) is 9.59 Å². The van der Waals surface area contributed by atoms with Crippen molar-refractivity contribution in [3.8, 4) is 0 Å². The number of carbonyl (C=O) groups excluding carboxylic acids is 2. The lowest BCUT2D eigenvalue weighted by Crippen LogP contribution is -2.56. The molecule has 0 aliphatic carbocycles. The van der Waals surface area contributed by atoms with Crippen molar-refractivity contribution < 1.29 is 14.3 Å². The van der Waals surface area contributed by atoms with Crippen LogP contribution in [0.15, 0.2) is 24.3 Å². The Morgan fingerprint density at radius 3 is 2.50 bits per heavy atom. The van der Waals surface area contributed by atoms with Gasteiger partial charge in [0.05, 0.1) is 19.6 Å². The maximum Gasteiger partial charge on any atom is 0.231 e. The predicted molar refractivity (Wildman–Crippen MR) is 98.0 cm³/mol. The Morgan fingerprint density at radius 2 is 2.00 bits per heavy atom. The minimum Gasteiger partial charge on any atom is -0.377 e. The quantitative estimate of drug-likeness (QED) is 0.631. The van der Waals surface area contributed by atoms with Crippen LogP contribution in [0.25, 0.3) is 0 Å². The zero-order valence-corrected chi connectivity index (χ0v) is 15.8. The zero-order chi connectivity index (χ0) is 18.0. The summed E-state index contributed by atoms with van der Waals surface area (Å²) in [5.74, 6) is -0.426. The summed E-state index contributed by atoms with van der Waals surface area (Å²) < 4.78 is 7.87. The number of Topliss-reactive ketones (excluding diaryl/α,β-unsaturated/α-hetero) is 1. The fourth-order valence-electron chi connectivity index (χ4n) is 2.64. The Hall–Kier alpha value is -1.37. The minimum atomic E-state index is -0.281. The number of ether oxygens (including phenoxy) is 1. The Balaban J connectivity index is 2.19. The molecule has 1 aromatic rings. The summed E-state index contributed by atoms with van der Waals surface area (Å²) in [4.78, 5) is 22.9. The average Bonchev–Trinajstić information content (AvgIpc) is 2.34. The highest BCUT2D eigenvalue weighted by Crippen LogP contribution is 2.43. The molecule has 1 heterocycles. The molecule has 0 atom stereocenters. The highest BCUT2D eigenvalue weighted by Gasteiger charge is 2.45. The smallest absolute Gasteiger partial charge is 0.231 e. The van der Waals surface area contributed by atoms with E-state index in [4.69, 9.17) is 4.74 Å². The highest BCUT2D eigenvalue weighted by atomic mass is 32.2. The first-order valence-corrected chi connectivity index (χ1v) is 8.80. The molecule has 0 spiro atoms. The van der Waals surface area contributed by atoms with E-state index in [0.717, 1.165) is 5.56 Å². The normalized spacial score (nSPS) is 16.6. The molecule has 24 heavy (non-hydrogen) atoms. The summed E-state index contributed by atoms with van der Waals surface area (Å²) in [6.07, 6.45) is -0.0989. The highest BCUT2D eigenvalue weighted by molar-refractivity contribution is 7.98. The lowest BCUT2D eigenvalue weighted by atomic mass is 9.88. The molecule has 2 rings (SSSR count). The van der Waals surface area contributed by atoms with Crippen LogP contribution in [0.5, 0.6) is 0 Å². The fraction of sp³-hybridized carbons (Fsp3) is 0.556. The number of hydrogen-bond donors (Lipinski definition) is 1. The Kier molecular flexibility index (Phi) is 5.73. The molecule has 132 valence electrons. The second-order valence-electron chi connectivity index (χ2n) is 7.23. The molecular weight excluding hydrogens is 324 g/mol. The monoisotopic (exact) mass is 350 g/mol. The van der Waals surface area contributed by atoms with Crippen LogP contribution < -0.4 is 5.32 Å². The number of nitrogens with one attached hydrogen (secondary N) is 1. The maximum absolute atomic E-state index is 11.8. The number of anilines is 1. The Labute approximate surface area is 148 Å². The molecule has 5 nitrogen and oxygen atoms in total. The van der Waals surface area contributed by atoms with E-state index in [9.17, 15) is 9.59 Å². The molecule has 1 N–H and O–H groups in total. The van der Waals surface area contributed by atoms with Crippen LogP contribution in [0.4, 0.5) is 5.69 Å². The number of likely N-dealkylation sites (N-methyl/N-ethyl adjacent to an activating group) is 1. The van der Waals surface area contributed by atoms with Crippen LogP contribution >= 0.6 is 11.9 Å². The van der Waals surface area contributed by atoms with Crippen molar-refractivity contribution in [3.05, 3.63) is 29.8 Å². The standard InChI is InChI=1S/C18H26N2O3S/c1-13(21)9-16(22)19-15-8-6-7-14(10-15)18(11-23-12-18)20(5)24-17(2,3)4/h6-8,10H,9,11-12H2,1-5H3,(H,19,22). The van der Waals surface area contributed by atoms with Crippen LogP contribution in [0.3, 0.4) is 0 Å². The number of hydrogen-bond acceptors (Lipinski definition) is 5. The van der Waals surface area contributed by atoms with Crippen LogP contribution in [0.1, 0.15) is 39.7 Å². The molecule has 0 radical (unpaired) electrons. The summed E-state index contributed by atoms with van der Waals surface area (Å²) in [5, 5.41) is 2.80. The number of nitrogens with zero attached hydrogens (tertiary/aromatic N) is 1. The van der Waals surface area contributed by atoms with Gasteiger partial charge >= 0.3 is 0 Å². The van der Waals surface area contributed by atoms with Gasteiger partial charge in [0.2, 0.25) is 5.91 Å². The van der Waals surface area contributed by atoms with Crippen molar-refractivity contribution in [2.75, 3.05) is 25.6 Å². The van der Waals surface area contributed by atoms with Gasteiger partial charge in [0.1, 0.15) is 11.3 Å². The molecule has 0 bridgehead atoms. The SMILES string of the molecule is CC(=O)CC(=O)Nc1cccc(C2(N(C)SC(C)(C)C)COC2)c1. The zero-order valence-electron chi connectivity index (χ0n) is 15.0. The third kappa shape index (κ3) is 4.59. The predicted octanol–water partition coefficient (Wildman–Crippen LogP) is 3.21. The first-order valence-electron chi connectivity index (χ1n) is 8.03. The van der Waals surface area contributed by atoms with E-state index >= 15 is 0 Å². The van der Waals surface area contributed by atoms with Crippen molar-refractivity contribution in [1.29, 1.82) is 0 Å². The van der Waals surface area contributed by atoms with Gasteiger partial charge in [-0.15, -0.1) is 0 Å². The maximum atomic E-state index is 11.8. The number of benzene rings is 1. The second kappa shape index (κ2) is 7.25. The lowest BCUT2D eigenvalue weighted by Gasteiger charge is -2.49. The van der Waals surface area contributed by atoms with E-state index in [1.54, 1.807) is 11.9 Å². The molecule has 0 unspecified atom stereocenters. The molecule has 1 fully saturated rings. The van der Waals surface area contributed by atoms with Crippen LogP contribution in [-0.4, -0.2) is 41.0 Å². The summed E-state index contributed by atoms with van der Waals surface area (Å²) >= 11 is 1.78. The molecule has 0 saturated carbocycles. The van der Waals surface area contributed by atoms with Gasteiger partial charge in [-0.2, -0.15) is 0 Å². The van der Waals surface area contributed by atoms with Crippen molar-refractivity contribution in [2.24, 2.45) is 0 Å². The first kappa shape index (κ1) is 19.0. The van der Waals surface area contributed by atoms with Crippen molar-refractivity contribution in [2.45, 2.75) is 44.4 Å². The number of rotatable bonds is 6. The molecule has 1 saturated heterocycles. The molecular formula is C18H26N2O3S. The van der Waals surface area contributed by atoms with Gasteiger partial charge in [0, 0.05) is 10.4 Å². The van der Waals surface area contributed by atoms with Crippen molar-refractivity contribution in [3.63, 3.8) is 0 Å². The van der Waals surface area contributed by atoms with E-state index in [0.29, 0.717) is 18.9 Å². The van der Waals surface area contributed by atoms with E-state index in [2.05, 4.69) is 43.5 Å². The molecule has 1 aliphatic heterocycles. The molecule has 0 aromatic heterocycles. The third-order valence-corrected chi connectivity index (χ3v) is 4.96. The van der Waals surface area contributed by atoms with Crippen molar-refractivity contribution >= 4 is 29.3 Å². The summed E-state index contributed by atoms with van der Waals surface area (Å²) in [6, 6.07) is 7.79. The van der Waals surface area contributed by atoms with E-state index in [-0.39, 0.29) is 28.4 Å². The average molecular weight is 350 g/mol. The van der Waals surface area contributed by atoms with E-state index in [1.807, 2.05) is 18.2 Å². The van der Waals surface area contributed by atoms with Gasteiger partial charge in [-0.05, 0) is 52.4 Å². The van der Waals surface area contributed by atoms with E-state index < -0.39 is 0 Å². The van der Waals surface area contributed by atoms with E-state index in [1.165, 1.54) is 6.92 Å². The topological polar surface area (TPSA) is 58.6 Å². The molecule has 1 aliphatic rings. The summed E-state index contributed by atoms with van der Waals surface area (Å²) in [5.41, 5.74) is 1.62. The van der Waals surface area contributed by atoms with Gasteiger partial charge in [0.15, 0.2) is 0 Å². The van der Waals surface area contributed by atoms with Gasteiger partial charge in [-0.25, -0.2) is 4.31 Å². The minimum absolute atomic E-state index is 0.0989. The Bertz CT molecular complexity index is 621. The van der Waals surface area contributed by atoms with Crippen LogP contribution in [0.2, 0.25) is 0 Å². The molecule has 1 aromatic carbocycles. The Morgan fingerprint density at radius 1 is 1.33 bits per heavy atom. The fourth-order valence-corrected chi connectivity index (χ4v) is 3.85. The number of ketones is 1. The summed E-state index contributed by atoms with van der Waals surface area (Å²) in [7, 11) is 2.08. The van der Waals surface area contributed by atoms with Crippen LogP contribution in [0, 0.1) is 0 Å². The second-order valence-corrected chi connectivity index (χ2v) is 9.19. The number of carbonyl (C=O) groups is 2. The van der Waals surface area contributed by atoms with Gasteiger partial charge in [-0.1, -0.05) is 24.1 Å². The largest absolute Gasteiger partial charge is 0.377 e. The van der Waals surface area contributed by atoms with Crippen molar-refractivity contribution in [1.82, 2.24) is 4.31 Å². The summed E-state index contributed by atoms with van der Waals surface area (Å²) in [6.45, 7) is 9.20. The molecule has 6 heteroatoms.